The van der Waals surface area contributed by atoms with Gasteiger partial charge in [0.2, 0.25) is 0 Å². The van der Waals surface area contributed by atoms with Crippen LogP contribution in [0.4, 0.5) is 4.39 Å². The number of nitrogens with zero attached hydrogens (tertiary/aromatic N) is 1. The van der Waals surface area contributed by atoms with Gasteiger partial charge in [-0.1, -0.05) is 12.1 Å². The van der Waals surface area contributed by atoms with E-state index in [-0.39, 0.29) is 12.2 Å². The number of halogens is 3. The lowest BCUT2D eigenvalue weighted by Gasteiger charge is -2.10. The van der Waals surface area contributed by atoms with Crippen LogP contribution in [0.25, 0.3) is 0 Å². The number of para-hydroxylation sites is 1. The van der Waals surface area contributed by atoms with Crippen LogP contribution in [0.5, 0.6) is 5.75 Å². The highest BCUT2D eigenvalue weighted by Gasteiger charge is 2.07. The maximum Gasteiger partial charge on any atom is 0.148 e. The number of benzene rings is 2. The second kappa shape index (κ2) is 6.18. The Balaban J connectivity index is 2.17. The van der Waals surface area contributed by atoms with E-state index in [2.05, 4.69) is 31.9 Å². The Bertz CT molecular complexity index is 632. The molecule has 0 N–H and O–H groups in total. The molecule has 2 nitrogen and oxygen atoms in total. The number of hydrogen-bond acceptors (Lipinski definition) is 2. The van der Waals surface area contributed by atoms with Crippen molar-refractivity contribution in [2.45, 2.75) is 6.61 Å². The number of ether oxygens (including phenoxy) is 1. The number of hydrogen-bond donors (Lipinski definition) is 0. The molecule has 0 radical (unpaired) electrons. The van der Waals surface area contributed by atoms with Crippen LogP contribution in [0.3, 0.4) is 0 Å². The first-order valence-electron chi connectivity index (χ1n) is 5.37. The monoisotopic (exact) mass is 383 g/mol. The van der Waals surface area contributed by atoms with Gasteiger partial charge in [0.1, 0.15) is 24.2 Å². The van der Waals surface area contributed by atoms with Crippen molar-refractivity contribution in [2.75, 3.05) is 0 Å². The van der Waals surface area contributed by atoms with Crippen LogP contribution in [0, 0.1) is 17.1 Å². The van der Waals surface area contributed by atoms with Crippen molar-refractivity contribution in [1.29, 1.82) is 5.26 Å². The Morgan fingerprint density at radius 2 is 1.84 bits per heavy atom. The van der Waals surface area contributed by atoms with E-state index in [9.17, 15) is 4.39 Å². The molecule has 0 aromatic heterocycles. The molecule has 0 aliphatic heterocycles. The molecule has 0 heterocycles. The molecule has 0 spiro atoms. The zero-order chi connectivity index (χ0) is 13.8. The van der Waals surface area contributed by atoms with E-state index >= 15 is 0 Å². The quantitative estimate of drug-likeness (QED) is 0.761. The van der Waals surface area contributed by atoms with Gasteiger partial charge in [0.05, 0.1) is 14.5 Å². The summed E-state index contributed by atoms with van der Waals surface area (Å²) in [5, 5.41) is 8.77. The third kappa shape index (κ3) is 3.34. The lowest BCUT2D eigenvalue weighted by atomic mass is 10.1. The summed E-state index contributed by atoms with van der Waals surface area (Å²) < 4.78 is 20.5. The molecule has 0 unspecified atom stereocenters. The highest BCUT2D eigenvalue weighted by Crippen LogP contribution is 2.33. The Kier molecular flexibility index (Phi) is 4.56. The van der Waals surface area contributed by atoms with Gasteiger partial charge in [0, 0.05) is 0 Å². The van der Waals surface area contributed by atoms with Crippen molar-refractivity contribution >= 4 is 31.9 Å². The zero-order valence-electron chi connectivity index (χ0n) is 9.66. The van der Waals surface area contributed by atoms with E-state index in [1.54, 1.807) is 6.07 Å². The maximum absolute atomic E-state index is 13.2. The molecule has 0 bridgehead atoms. The van der Waals surface area contributed by atoms with E-state index in [4.69, 9.17) is 10.00 Å². The van der Waals surface area contributed by atoms with Gasteiger partial charge in [-0.2, -0.15) is 5.26 Å². The van der Waals surface area contributed by atoms with E-state index in [0.29, 0.717) is 5.75 Å². The fraction of sp³-hybridized carbons (Fsp3) is 0.0714. The normalized spacial score (nSPS) is 10.0. The minimum absolute atomic E-state index is 0.0206. The molecular formula is C14H8Br2FNO. The molecule has 2 aromatic rings. The second-order valence-corrected chi connectivity index (χ2v) is 5.47. The summed E-state index contributed by atoms with van der Waals surface area (Å²) in [6, 6.07) is 11.8. The molecular weight excluding hydrogens is 377 g/mol. The Labute approximate surface area is 127 Å². The van der Waals surface area contributed by atoms with Crippen LogP contribution < -0.4 is 4.74 Å². The second-order valence-electron chi connectivity index (χ2n) is 3.77. The topological polar surface area (TPSA) is 33.0 Å². The van der Waals surface area contributed by atoms with Crippen LogP contribution in [0.2, 0.25) is 0 Å². The number of nitriles is 1. The van der Waals surface area contributed by atoms with E-state index in [1.165, 1.54) is 12.1 Å². The highest BCUT2D eigenvalue weighted by atomic mass is 79.9. The van der Waals surface area contributed by atoms with Gasteiger partial charge in [-0.05, 0) is 61.7 Å². The average Bonchev–Trinajstić information content (AvgIpc) is 2.40. The predicted molar refractivity (Wildman–Crippen MR) is 77.3 cm³/mol. The minimum Gasteiger partial charge on any atom is -0.487 e. The highest BCUT2D eigenvalue weighted by molar-refractivity contribution is 9.11. The first kappa shape index (κ1) is 14.0. The lowest BCUT2D eigenvalue weighted by Crippen LogP contribution is -1.98. The van der Waals surface area contributed by atoms with E-state index in [0.717, 1.165) is 14.5 Å². The predicted octanol–water partition coefficient (Wildman–Crippen LogP) is 4.80. The minimum atomic E-state index is -0.520. The summed E-state index contributed by atoms with van der Waals surface area (Å²) in [5.41, 5.74) is 0.757. The van der Waals surface area contributed by atoms with Gasteiger partial charge in [0.25, 0.3) is 0 Å². The summed E-state index contributed by atoms with van der Waals surface area (Å²) in [4.78, 5) is 0. The summed E-state index contributed by atoms with van der Waals surface area (Å²) in [5.74, 6) is 0.152. The molecule has 0 aliphatic rings. The Hall–Kier alpha value is -1.38. The molecule has 0 saturated heterocycles. The molecule has 2 rings (SSSR count). The Morgan fingerprint density at radius 1 is 1.16 bits per heavy atom. The largest absolute Gasteiger partial charge is 0.487 e. The van der Waals surface area contributed by atoms with Gasteiger partial charge >= 0.3 is 0 Å². The van der Waals surface area contributed by atoms with Crippen molar-refractivity contribution in [3.63, 3.8) is 0 Å². The molecule has 0 saturated carbocycles. The van der Waals surface area contributed by atoms with Crippen molar-refractivity contribution < 1.29 is 9.13 Å². The third-order valence-electron chi connectivity index (χ3n) is 2.45. The summed E-state index contributed by atoms with van der Waals surface area (Å²) in [7, 11) is 0. The van der Waals surface area contributed by atoms with Gasteiger partial charge in [-0.25, -0.2) is 4.39 Å². The van der Waals surface area contributed by atoms with Crippen LogP contribution >= 0.6 is 31.9 Å². The van der Waals surface area contributed by atoms with Crippen molar-refractivity contribution in [3.05, 3.63) is 62.3 Å². The van der Waals surface area contributed by atoms with Crippen molar-refractivity contribution in [1.82, 2.24) is 0 Å². The fourth-order valence-electron chi connectivity index (χ4n) is 1.52. The number of rotatable bonds is 3. The molecule has 0 atom stereocenters. The van der Waals surface area contributed by atoms with Crippen LogP contribution in [0.15, 0.2) is 45.3 Å². The third-order valence-corrected chi connectivity index (χ3v) is 3.70. The maximum atomic E-state index is 13.2. The zero-order valence-corrected chi connectivity index (χ0v) is 12.8. The van der Waals surface area contributed by atoms with E-state index < -0.39 is 5.82 Å². The van der Waals surface area contributed by atoms with Gasteiger partial charge in [-0.3, -0.25) is 0 Å². The average molecular weight is 385 g/mol. The van der Waals surface area contributed by atoms with Gasteiger partial charge in [-0.15, -0.1) is 0 Å². The molecule has 19 heavy (non-hydrogen) atoms. The molecule has 0 amide bonds. The van der Waals surface area contributed by atoms with Crippen LogP contribution in [-0.2, 0) is 6.61 Å². The first-order valence-corrected chi connectivity index (χ1v) is 6.95. The van der Waals surface area contributed by atoms with Crippen molar-refractivity contribution in [2.24, 2.45) is 0 Å². The Morgan fingerprint density at radius 3 is 2.47 bits per heavy atom. The molecule has 2 aromatic carbocycles. The van der Waals surface area contributed by atoms with Gasteiger partial charge < -0.3 is 4.74 Å². The smallest absolute Gasteiger partial charge is 0.148 e. The lowest BCUT2D eigenvalue weighted by molar-refractivity contribution is 0.302. The van der Waals surface area contributed by atoms with Crippen LogP contribution in [-0.4, -0.2) is 0 Å². The van der Waals surface area contributed by atoms with Crippen molar-refractivity contribution in [3.8, 4) is 11.8 Å². The standard InChI is InChI=1S/C14H8Br2FNO/c15-11-2-1-3-12(16)14(11)19-8-9-4-5-13(17)10(6-9)7-18/h1-6H,8H2. The first-order chi connectivity index (χ1) is 9.11. The molecule has 96 valence electrons. The summed E-state index contributed by atoms with van der Waals surface area (Å²) >= 11 is 6.79. The fourth-order valence-corrected chi connectivity index (χ4v) is 2.75. The summed E-state index contributed by atoms with van der Waals surface area (Å²) in [6.45, 7) is 0.260. The summed E-state index contributed by atoms with van der Waals surface area (Å²) in [6.07, 6.45) is 0. The molecule has 0 aliphatic carbocycles. The van der Waals surface area contributed by atoms with E-state index in [1.807, 2.05) is 24.3 Å². The van der Waals surface area contributed by atoms with Crippen LogP contribution in [0.1, 0.15) is 11.1 Å². The molecule has 5 heteroatoms. The molecule has 0 fully saturated rings. The van der Waals surface area contributed by atoms with Gasteiger partial charge in [0.15, 0.2) is 0 Å². The SMILES string of the molecule is N#Cc1cc(COc2c(Br)cccc2Br)ccc1F.